The second kappa shape index (κ2) is 7.22. The molecule has 0 fully saturated rings. The zero-order chi connectivity index (χ0) is 16.1. The zero-order valence-corrected chi connectivity index (χ0v) is 12.7. The molecule has 0 aromatic heterocycles. The first-order valence-corrected chi connectivity index (χ1v) is 7.56. The van der Waals surface area contributed by atoms with Gasteiger partial charge in [-0.3, -0.25) is 4.79 Å². The first kappa shape index (κ1) is 16.2. The van der Waals surface area contributed by atoms with Crippen LogP contribution in [0, 0.1) is 12.7 Å². The molecule has 2 aromatic rings. The maximum atomic E-state index is 12.8. The molecule has 0 saturated carbocycles. The van der Waals surface area contributed by atoms with Crippen molar-refractivity contribution in [3.05, 3.63) is 65.5 Å². The van der Waals surface area contributed by atoms with Crippen LogP contribution in [-0.4, -0.2) is 17.0 Å². The van der Waals surface area contributed by atoms with E-state index in [9.17, 15) is 19.1 Å². The van der Waals surface area contributed by atoms with Crippen molar-refractivity contribution in [3.8, 4) is 0 Å². The molecule has 0 radical (unpaired) electrons. The van der Waals surface area contributed by atoms with E-state index in [1.54, 1.807) is 12.1 Å². The molecule has 0 unspecified atom stereocenters. The van der Waals surface area contributed by atoms with E-state index in [-0.39, 0.29) is 17.8 Å². The molecule has 0 saturated heterocycles. The molecular formula is C17H14FO3S-. The Kier molecular flexibility index (Phi) is 5.33. The third-order valence-electron chi connectivity index (χ3n) is 3.10. The highest BCUT2D eigenvalue weighted by Gasteiger charge is 2.18. The summed E-state index contributed by atoms with van der Waals surface area (Å²) >= 11 is 1.07. The van der Waals surface area contributed by atoms with Gasteiger partial charge in [0.25, 0.3) is 0 Å². The van der Waals surface area contributed by atoms with Crippen LogP contribution in [0.2, 0.25) is 0 Å². The normalized spacial score (nSPS) is 11.9. The number of benzene rings is 2. The molecule has 22 heavy (non-hydrogen) atoms. The second-order valence-corrected chi connectivity index (χ2v) is 6.15. The Morgan fingerprint density at radius 2 is 1.68 bits per heavy atom. The van der Waals surface area contributed by atoms with Crippen LogP contribution in [0.5, 0.6) is 0 Å². The molecule has 2 rings (SSSR count). The predicted octanol–water partition coefficient (Wildman–Crippen LogP) is 2.62. The molecule has 0 bridgehead atoms. The van der Waals surface area contributed by atoms with E-state index >= 15 is 0 Å². The Labute approximate surface area is 132 Å². The smallest absolute Gasteiger partial charge is 0.164 e. The number of thioether (sulfide) groups is 1. The Hall–Kier alpha value is -2.14. The predicted molar refractivity (Wildman–Crippen MR) is 81.2 cm³/mol. The molecule has 114 valence electrons. The molecule has 0 N–H and O–H groups in total. The lowest BCUT2D eigenvalue weighted by Crippen LogP contribution is -2.35. The molecule has 3 nitrogen and oxygen atoms in total. The van der Waals surface area contributed by atoms with Crippen molar-refractivity contribution >= 4 is 23.5 Å². The van der Waals surface area contributed by atoms with Gasteiger partial charge in [-0.15, -0.1) is 11.8 Å². The van der Waals surface area contributed by atoms with Crippen molar-refractivity contribution in [2.75, 3.05) is 0 Å². The van der Waals surface area contributed by atoms with Crippen LogP contribution >= 0.6 is 11.8 Å². The zero-order valence-electron chi connectivity index (χ0n) is 11.9. The number of rotatable bonds is 6. The van der Waals surface area contributed by atoms with Crippen LogP contribution < -0.4 is 5.11 Å². The first-order valence-electron chi connectivity index (χ1n) is 6.68. The molecule has 0 heterocycles. The quantitative estimate of drug-likeness (QED) is 0.607. The van der Waals surface area contributed by atoms with Gasteiger partial charge in [-0.2, -0.15) is 0 Å². The van der Waals surface area contributed by atoms with E-state index in [1.807, 2.05) is 19.1 Å². The van der Waals surface area contributed by atoms with Crippen LogP contribution in [-0.2, 0) is 4.79 Å². The van der Waals surface area contributed by atoms with Gasteiger partial charge in [-0.1, -0.05) is 17.7 Å². The average molecular weight is 317 g/mol. The molecular weight excluding hydrogens is 303 g/mol. The van der Waals surface area contributed by atoms with Gasteiger partial charge < -0.3 is 9.90 Å². The summed E-state index contributed by atoms with van der Waals surface area (Å²) in [6.07, 6.45) is -0.202. The highest BCUT2D eigenvalue weighted by Crippen LogP contribution is 2.26. The number of halogens is 1. The topological polar surface area (TPSA) is 57.2 Å². The molecule has 0 aliphatic carbocycles. The second-order valence-electron chi connectivity index (χ2n) is 4.87. The number of aryl methyl sites for hydroxylation is 1. The van der Waals surface area contributed by atoms with Crippen molar-refractivity contribution < 1.29 is 19.1 Å². The van der Waals surface area contributed by atoms with Gasteiger partial charge >= 0.3 is 0 Å². The maximum Gasteiger partial charge on any atom is 0.164 e. The van der Waals surface area contributed by atoms with Crippen LogP contribution in [0.1, 0.15) is 22.3 Å². The fourth-order valence-corrected chi connectivity index (χ4v) is 2.83. The van der Waals surface area contributed by atoms with E-state index in [4.69, 9.17) is 0 Å². The number of Topliss-reactive ketones (excluding diaryl/α,β-unsaturated/α-hetero) is 1. The Bertz CT molecular complexity index is 665. The third kappa shape index (κ3) is 4.43. The number of carboxylic acids is 1. The minimum Gasteiger partial charge on any atom is -0.549 e. The molecule has 0 aliphatic rings. The molecule has 0 amide bonds. The Balaban J connectivity index is 2.08. The highest BCUT2D eigenvalue weighted by molar-refractivity contribution is 8.00. The van der Waals surface area contributed by atoms with E-state index in [2.05, 4.69) is 0 Å². The number of carbonyl (C=O) groups is 2. The van der Waals surface area contributed by atoms with Crippen molar-refractivity contribution in [1.82, 2.24) is 0 Å². The van der Waals surface area contributed by atoms with Gasteiger partial charge in [0.1, 0.15) is 5.82 Å². The summed E-state index contributed by atoms with van der Waals surface area (Å²) in [6.45, 7) is 1.93. The molecule has 0 spiro atoms. The summed E-state index contributed by atoms with van der Waals surface area (Å²) in [7, 11) is 0. The average Bonchev–Trinajstić information content (AvgIpc) is 2.49. The minimum absolute atomic E-state index is 0.202. The minimum atomic E-state index is -1.29. The lowest BCUT2D eigenvalue weighted by atomic mass is 10.1. The highest BCUT2D eigenvalue weighted by atomic mass is 32.2. The number of carbonyl (C=O) groups excluding carboxylic acids is 2. The summed E-state index contributed by atoms with van der Waals surface area (Å²) < 4.78 is 12.8. The van der Waals surface area contributed by atoms with Gasteiger partial charge in [0.2, 0.25) is 0 Å². The van der Waals surface area contributed by atoms with Crippen molar-refractivity contribution in [2.45, 2.75) is 23.5 Å². The molecule has 1 atom stereocenters. The Morgan fingerprint density at radius 1 is 1.09 bits per heavy atom. The first-order chi connectivity index (χ1) is 10.5. The standard InChI is InChI=1S/C17H15FO3S/c1-11-2-8-14(9-3-11)22-16(17(20)21)10-15(19)12-4-6-13(18)7-5-12/h2-9,16H,10H2,1H3,(H,20,21)/p-1/t16-/m0/s1. The van der Waals surface area contributed by atoms with Crippen molar-refractivity contribution in [2.24, 2.45) is 0 Å². The largest absolute Gasteiger partial charge is 0.549 e. The van der Waals surface area contributed by atoms with Gasteiger partial charge in [0, 0.05) is 16.9 Å². The summed E-state index contributed by atoms with van der Waals surface area (Å²) in [5, 5.41) is 10.3. The van der Waals surface area contributed by atoms with Crippen LogP contribution in [0.15, 0.2) is 53.4 Å². The van der Waals surface area contributed by atoms with E-state index in [1.165, 1.54) is 24.3 Å². The third-order valence-corrected chi connectivity index (χ3v) is 4.29. The maximum absolute atomic E-state index is 12.8. The fraction of sp³-hybridized carbons (Fsp3) is 0.176. The monoisotopic (exact) mass is 317 g/mol. The van der Waals surface area contributed by atoms with Gasteiger partial charge in [-0.05, 0) is 43.3 Å². The number of hydrogen-bond acceptors (Lipinski definition) is 4. The van der Waals surface area contributed by atoms with E-state index in [0.717, 1.165) is 22.2 Å². The van der Waals surface area contributed by atoms with Crippen LogP contribution in [0.4, 0.5) is 4.39 Å². The molecule has 2 aromatic carbocycles. The molecule has 0 aliphatic heterocycles. The number of ketones is 1. The molecule has 5 heteroatoms. The van der Waals surface area contributed by atoms with Crippen molar-refractivity contribution in [1.29, 1.82) is 0 Å². The summed E-state index contributed by atoms with van der Waals surface area (Å²) in [4.78, 5) is 24.1. The summed E-state index contributed by atoms with van der Waals surface area (Å²) in [6, 6.07) is 12.4. The lowest BCUT2D eigenvalue weighted by molar-refractivity contribution is -0.304. The number of carboxylic acid groups (broad SMARTS) is 1. The van der Waals surface area contributed by atoms with E-state index < -0.39 is 17.0 Å². The van der Waals surface area contributed by atoms with Crippen molar-refractivity contribution in [3.63, 3.8) is 0 Å². The summed E-state index contributed by atoms with van der Waals surface area (Å²) in [5.41, 5.74) is 1.36. The SMILES string of the molecule is Cc1ccc(S[C@@H](CC(=O)c2ccc(F)cc2)C(=O)[O-])cc1. The van der Waals surface area contributed by atoms with Gasteiger partial charge in [0.05, 0.1) is 11.2 Å². The van der Waals surface area contributed by atoms with Gasteiger partial charge in [-0.25, -0.2) is 4.39 Å². The van der Waals surface area contributed by atoms with E-state index in [0.29, 0.717) is 0 Å². The fourth-order valence-electron chi connectivity index (χ4n) is 1.88. The Morgan fingerprint density at radius 3 is 2.23 bits per heavy atom. The lowest BCUT2D eigenvalue weighted by Gasteiger charge is -2.17. The van der Waals surface area contributed by atoms with Crippen LogP contribution in [0.3, 0.4) is 0 Å². The number of hydrogen-bond donors (Lipinski definition) is 0. The van der Waals surface area contributed by atoms with Gasteiger partial charge in [0.15, 0.2) is 5.78 Å². The van der Waals surface area contributed by atoms with Crippen LogP contribution in [0.25, 0.3) is 0 Å². The number of aliphatic carboxylic acids is 1. The summed E-state index contributed by atoms with van der Waals surface area (Å²) in [5.74, 6) is -2.09.